The van der Waals surface area contributed by atoms with E-state index in [1.54, 1.807) is 0 Å². The smallest absolute Gasteiger partial charge is 0.0591 e. The highest BCUT2D eigenvalue weighted by Crippen LogP contribution is 2.28. The summed E-state index contributed by atoms with van der Waals surface area (Å²) < 4.78 is 10.9. The molecule has 1 heterocycles. The van der Waals surface area contributed by atoms with Crippen molar-refractivity contribution in [3.8, 4) is 0 Å². The van der Waals surface area contributed by atoms with Crippen LogP contribution in [0, 0.1) is 11.3 Å². The van der Waals surface area contributed by atoms with Gasteiger partial charge in [0.25, 0.3) is 0 Å². The van der Waals surface area contributed by atoms with Crippen molar-refractivity contribution in [3.63, 3.8) is 0 Å². The molecule has 1 saturated heterocycles. The minimum absolute atomic E-state index is 0.427. The van der Waals surface area contributed by atoms with Gasteiger partial charge >= 0.3 is 0 Å². The monoisotopic (exact) mass is 229 g/mol. The molecular weight excluding hydrogens is 202 g/mol. The van der Waals surface area contributed by atoms with Crippen LogP contribution in [0.3, 0.4) is 0 Å². The first-order valence-corrected chi connectivity index (χ1v) is 6.49. The van der Waals surface area contributed by atoms with E-state index in [0.717, 1.165) is 39.5 Å². The summed E-state index contributed by atoms with van der Waals surface area (Å²) in [6, 6.07) is 0. The Morgan fingerprint density at radius 2 is 2.00 bits per heavy atom. The second kappa shape index (κ2) is 7.25. The fraction of sp³-hybridized carbons (Fsp3) is 1.00. The average Bonchev–Trinajstić information content (AvgIpc) is 2.24. The van der Waals surface area contributed by atoms with Crippen LogP contribution in [0.1, 0.15) is 33.6 Å². The Morgan fingerprint density at radius 3 is 2.62 bits per heavy atom. The van der Waals surface area contributed by atoms with E-state index in [2.05, 4.69) is 26.1 Å². The first kappa shape index (κ1) is 13.9. The second-order valence-corrected chi connectivity index (χ2v) is 5.57. The van der Waals surface area contributed by atoms with Gasteiger partial charge in [-0.05, 0) is 24.2 Å². The van der Waals surface area contributed by atoms with E-state index in [9.17, 15) is 0 Å². The van der Waals surface area contributed by atoms with Gasteiger partial charge in [-0.15, -0.1) is 0 Å². The van der Waals surface area contributed by atoms with Gasteiger partial charge in [0.2, 0.25) is 0 Å². The SMILES string of the molecule is CC(C)COCCNCC1(C)CCOCC1. The molecule has 0 aliphatic carbocycles. The average molecular weight is 229 g/mol. The molecule has 0 saturated carbocycles. The van der Waals surface area contributed by atoms with Crippen molar-refractivity contribution in [3.05, 3.63) is 0 Å². The Labute approximate surface area is 99.9 Å². The molecule has 1 aliphatic rings. The van der Waals surface area contributed by atoms with Crippen LogP contribution < -0.4 is 5.32 Å². The van der Waals surface area contributed by atoms with Gasteiger partial charge < -0.3 is 14.8 Å². The highest BCUT2D eigenvalue weighted by molar-refractivity contribution is 4.79. The van der Waals surface area contributed by atoms with Crippen molar-refractivity contribution in [2.24, 2.45) is 11.3 Å². The summed E-state index contributed by atoms with van der Waals surface area (Å²) in [5.74, 6) is 0.632. The lowest BCUT2D eigenvalue weighted by Gasteiger charge is -2.33. The minimum Gasteiger partial charge on any atom is -0.381 e. The van der Waals surface area contributed by atoms with E-state index in [-0.39, 0.29) is 0 Å². The van der Waals surface area contributed by atoms with Crippen molar-refractivity contribution < 1.29 is 9.47 Å². The summed E-state index contributed by atoms with van der Waals surface area (Å²) in [5, 5.41) is 3.49. The molecule has 96 valence electrons. The zero-order valence-electron chi connectivity index (χ0n) is 11.1. The van der Waals surface area contributed by atoms with E-state index < -0.39 is 0 Å². The van der Waals surface area contributed by atoms with Gasteiger partial charge in [0.1, 0.15) is 0 Å². The van der Waals surface area contributed by atoms with E-state index in [1.807, 2.05) is 0 Å². The van der Waals surface area contributed by atoms with Crippen LogP contribution in [0.2, 0.25) is 0 Å². The number of hydrogen-bond donors (Lipinski definition) is 1. The number of nitrogens with one attached hydrogen (secondary N) is 1. The summed E-state index contributed by atoms with van der Waals surface area (Å²) in [6.45, 7) is 12.3. The lowest BCUT2D eigenvalue weighted by Crippen LogP contribution is -2.38. The Kier molecular flexibility index (Phi) is 6.32. The van der Waals surface area contributed by atoms with E-state index in [4.69, 9.17) is 9.47 Å². The normalized spacial score (nSPS) is 20.2. The standard InChI is InChI=1S/C13H27NO2/c1-12(2)10-16-9-6-14-11-13(3)4-7-15-8-5-13/h12,14H,4-11H2,1-3H3. The highest BCUT2D eigenvalue weighted by Gasteiger charge is 2.26. The molecule has 1 fully saturated rings. The molecule has 0 spiro atoms. The van der Waals surface area contributed by atoms with Gasteiger partial charge in [-0.25, -0.2) is 0 Å². The predicted octanol–water partition coefficient (Wildman–Crippen LogP) is 2.07. The quantitative estimate of drug-likeness (QED) is 0.678. The molecule has 16 heavy (non-hydrogen) atoms. The third kappa shape index (κ3) is 5.83. The molecule has 1 aliphatic heterocycles. The molecule has 0 amide bonds. The first-order chi connectivity index (χ1) is 7.62. The molecule has 0 aromatic heterocycles. The molecule has 3 nitrogen and oxygen atoms in total. The molecule has 0 radical (unpaired) electrons. The van der Waals surface area contributed by atoms with Crippen LogP contribution >= 0.6 is 0 Å². The molecule has 0 atom stereocenters. The Bertz CT molecular complexity index is 177. The molecule has 0 unspecified atom stereocenters. The van der Waals surface area contributed by atoms with E-state index in [1.165, 1.54) is 12.8 Å². The summed E-state index contributed by atoms with van der Waals surface area (Å²) >= 11 is 0. The molecule has 0 bridgehead atoms. The number of ether oxygens (including phenoxy) is 2. The Balaban J connectivity index is 1.97. The number of hydrogen-bond acceptors (Lipinski definition) is 3. The van der Waals surface area contributed by atoms with Gasteiger partial charge in [0.05, 0.1) is 6.61 Å². The highest BCUT2D eigenvalue weighted by atomic mass is 16.5. The predicted molar refractivity (Wildman–Crippen MR) is 66.7 cm³/mol. The topological polar surface area (TPSA) is 30.5 Å². The fourth-order valence-electron chi connectivity index (χ4n) is 1.89. The van der Waals surface area contributed by atoms with Crippen LogP contribution in [-0.2, 0) is 9.47 Å². The van der Waals surface area contributed by atoms with Crippen molar-refractivity contribution >= 4 is 0 Å². The van der Waals surface area contributed by atoms with Crippen molar-refractivity contribution in [1.29, 1.82) is 0 Å². The molecule has 1 N–H and O–H groups in total. The molecular formula is C13H27NO2. The van der Waals surface area contributed by atoms with Crippen LogP contribution in [0.4, 0.5) is 0 Å². The maximum atomic E-state index is 5.53. The fourth-order valence-corrected chi connectivity index (χ4v) is 1.89. The lowest BCUT2D eigenvalue weighted by molar-refractivity contribution is 0.0228. The maximum Gasteiger partial charge on any atom is 0.0591 e. The first-order valence-electron chi connectivity index (χ1n) is 6.49. The molecule has 0 aromatic rings. The van der Waals surface area contributed by atoms with Crippen LogP contribution in [0.25, 0.3) is 0 Å². The summed E-state index contributed by atoms with van der Waals surface area (Å²) in [7, 11) is 0. The Hall–Kier alpha value is -0.120. The molecule has 0 aromatic carbocycles. The Morgan fingerprint density at radius 1 is 1.31 bits per heavy atom. The number of rotatable bonds is 7. The van der Waals surface area contributed by atoms with Crippen LogP contribution in [0.5, 0.6) is 0 Å². The van der Waals surface area contributed by atoms with Gasteiger partial charge in [0, 0.05) is 32.9 Å². The molecule has 1 rings (SSSR count). The lowest BCUT2D eigenvalue weighted by atomic mass is 9.82. The third-order valence-corrected chi connectivity index (χ3v) is 3.13. The zero-order chi connectivity index (χ0) is 11.9. The summed E-state index contributed by atoms with van der Waals surface area (Å²) in [6.07, 6.45) is 2.35. The van der Waals surface area contributed by atoms with E-state index in [0.29, 0.717) is 11.3 Å². The largest absolute Gasteiger partial charge is 0.381 e. The van der Waals surface area contributed by atoms with Crippen LogP contribution in [-0.4, -0.2) is 39.5 Å². The summed E-state index contributed by atoms with van der Waals surface area (Å²) in [4.78, 5) is 0. The van der Waals surface area contributed by atoms with Gasteiger partial charge in [0.15, 0.2) is 0 Å². The van der Waals surface area contributed by atoms with Gasteiger partial charge in [-0.2, -0.15) is 0 Å². The summed E-state index contributed by atoms with van der Waals surface area (Å²) in [5.41, 5.74) is 0.427. The minimum atomic E-state index is 0.427. The van der Waals surface area contributed by atoms with Crippen molar-refractivity contribution in [1.82, 2.24) is 5.32 Å². The van der Waals surface area contributed by atoms with E-state index >= 15 is 0 Å². The third-order valence-electron chi connectivity index (χ3n) is 3.13. The van der Waals surface area contributed by atoms with Crippen LogP contribution in [0.15, 0.2) is 0 Å². The second-order valence-electron chi connectivity index (χ2n) is 5.57. The van der Waals surface area contributed by atoms with Gasteiger partial charge in [-0.3, -0.25) is 0 Å². The maximum absolute atomic E-state index is 5.53. The van der Waals surface area contributed by atoms with Crippen molar-refractivity contribution in [2.75, 3.05) is 39.5 Å². The molecule has 3 heteroatoms. The zero-order valence-corrected chi connectivity index (χ0v) is 11.1. The van der Waals surface area contributed by atoms with Crippen molar-refractivity contribution in [2.45, 2.75) is 33.6 Å². The van der Waals surface area contributed by atoms with Gasteiger partial charge in [-0.1, -0.05) is 20.8 Å².